The largest absolute Gasteiger partial charge is 0.504 e. The highest BCUT2D eigenvalue weighted by Gasteiger charge is 2.31. The van der Waals surface area contributed by atoms with E-state index in [0.717, 1.165) is 5.56 Å². The lowest BCUT2D eigenvalue weighted by molar-refractivity contribution is -0.137. The Morgan fingerprint density at radius 1 is 1.11 bits per heavy atom. The van der Waals surface area contributed by atoms with Crippen molar-refractivity contribution in [2.24, 2.45) is 0 Å². The third-order valence-corrected chi connectivity index (χ3v) is 6.67. The molecule has 1 aliphatic heterocycles. The summed E-state index contributed by atoms with van der Waals surface area (Å²) in [5.74, 6) is -0.120. The van der Waals surface area contributed by atoms with Crippen molar-refractivity contribution in [3.63, 3.8) is 0 Å². The van der Waals surface area contributed by atoms with E-state index in [1.54, 1.807) is 24.3 Å². The molecule has 0 unspecified atom stereocenters. The Kier molecular flexibility index (Phi) is 10.9. The molecule has 10 nitrogen and oxygen atoms in total. The average molecular weight is 534 g/mol. The van der Waals surface area contributed by atoms with E-state index < -0.39 is 18.2 Å². The Balaban J connectivity index is 1.72. The second-order valence-corrected chi connectivity index (χ2v) is 9.48. The first-order chi connectivity index (χ1) is 18.2. The summed E-state index contributed by atoms with van der Waals surface area (Å²) < 4.78 is 22.8. The highest BCUT2D eigenvalue weighted by molar-refractivity contribution is 5.66. The standard InChI is InChI=1S/C28H39NO9/c1-4-29-19(7-10-27(32)33)16-37-26-13-18(12-25(36-3)28(26)34)23-15-20(30)14-21(38-23)8-5-17-6-9-22(31)24(11-17)35-2/h6,9,11-13,19-21,23,29-31,34H,4-5,7-8,10,14-16H2,1-3H3,(H,32,33)/t19-,20+,21+,23+/m1/s1. The minimum atomic E-state index is -0.883. The summed E-state index contributed by atoms with van der Waals surface area (Å²) in [4.78, 5) is 11.0. The fraction of sp³-hybridized carbons (Fsp3) is 0.536. The van der Waals surface area contributed by atoms with Gasteiger partial charge >= 0.3 is 5.97 Å². The molecule has 1 heterocycles. The van der Waals surface area contributed by atoms with Crippen molar-refractivity contribution < 1.29 is 44.2 Å². The quantitative estimate of drug-likeness (QED) is 0.244. The molecule has 0 saturated carbocycles. The number of aliphatic hydroxyl groups is 1. The third-order valence-electron chi connectivity index (χ3n) is 6.67. The van der Waals surface area contributed by atoms with Gasteiger partial charge in [-0.3, -0.25) is 4.79 Å². The van der Waals surface area contributed by atoms with Crippen LogP contribution in [0.15, 0.2) is 30.3 Å². The van der Waals surface area contributed by atoms with Gasteiger partial charge in [0.15, 0.2) is 23.0 Å². The number of carbonyl (C=O) groups is 1. The van der Waals surface area contributed by atoms with Gasteiger partial charge in [-0.2, -0.15) is 0 Å². The molecule has 2 aromatic rings. The minimum Gasteiger partial charge on any atom is -0.504 e. The number of rotatable bonds is 14. The Hall–Kier alpha value is -3.21. The number of aliphatic hydroxyl groups excluding tert-OH is 1. The van der Waals surface area contributed by atoms with Gasteiger partial charge in [0.1, 0.15) is 6.61 Å². The number of carboxylic acid groups (broad SMARTS) is 1. The van der Waals surface area contributed by atoms with Crippen LogP contribution in [-0.4, -0.2) is 72.0 Å². The number of aryl methyl sites for hydroxylation is 1. The lowest BCUT2D eigenvalue weighted by Crippen LogP contribution is -2.35. The molecule has 210 valence electrons. The van der Waals surface area contributed by atoms with E-state index in [9.17, 15) is 20.1 Å². The van der Waals surface area contributed by atoms with E-state index >= 15 is 0 Å². The van der Waals surface area contributed by atoms with Crippen LogP contribution in [0.4, 0.5) is 0 Å². The van der Waals surface area contributed by atoms with E-state index in [-0.39, 0.29) is 48.2 Å². The number of phenolic OH excluding ortho intramolecular Hbond substituents is 2. The van der Waals surface area contributed by atoms with Crippen molar-refractivity contribution in [1.29, 1.82) is 0 Å². The number of carboxylic acids is 1. The first-order valence-electron chi connectivity index (χ1n) is 12.9. The van der Waals surface area contributed by atoms with Gasteiger partial charge in [0.2, 0.25) is 5.75 Å². The number of likely N-dealkylation sites (N-methyl/N-ethyl adjacent to an activating group) is 1. The summed E-state index contributed by atoms with van der Waals surface area (Å²) >= 11 is 0. The minimum absolute atomic E-state index is 0.00247. The van der Waals surface area contributed by atoms with Gasteiger partial charge in [-0.05, 0) is 67.6 Å². The van der Waals surface area contributed by atoms with Gasteiger partial charge in [-0.25, -0.2) is 0 Å². The maximum Gasteiger partial charge on any atom is 0.303 e. The molecule has 0 spiro atoms. The van der Waals surface area contributed by atoms with Crippen LogP contribution in [0.2, 0.25) is 0 Å². The van der Waals surface area contributed by atoms with E-state index in [1.165, 1.54) is 14.2 Å². The summed E-state index contributed by atoms with van der Waals surface area (Å²) in [6.07, 6.45) is 1.40. The molecule has 5 N–H and O–H groups in total. The molecular weight excluding hydrogens is 494 g/mol. The van der Waals surface area contributed by atoms with Crippen LogP contribution in [0.25, 0.3) is 0 Å². The van der Waals surface area contributed by atoms with Crippen LogP contribution >= 0.6 is 0 Å². The maximum absolute atomic E-state index is 11.0. The number of ether oxygens (including phenoxy) is 4. The molecule has 10 heteroatoms. The van der Waals surface area contributed by atoms with Crippen molar-refractivity contribution in [1.82, 2.24) is 5.32 Å². The molecule has 38 heavy (non-hydrogen) atoms. The zero-order valence-electron chi connectivity index (χ0n) is 22.2. The van der Waals surface area contributed by atoms with Crippen molar-refractivity contribution in [2.45, 2.75) is 69.8 Å². The van der Waals surface area contributed by atoms with Gasteiger partial charge in [-0.15, -0.1) is 0 Å². The SMILES string of the molecule is CCN[C@H](CCC(=O)O)COc1cc([C@@H]2C[C@@H](O)C[C@H](CCc3ccc(O)c(OC)c3)O2)cc(OC)c1O. The molecule has 1 aliphatic rings. The molecular formula is C28H39NO9. The Labute approximate surface area is 223 Å². The van der Waals surface area contributed by atoms with Crippen LogP contribution < -0.4 is 19.5 Å². The maximum atomic E-state index is 11.0. The van der Waals surface area contributed by atoms with Gasteiger partial charge in [0, 0.05) is 18.9 Å². The van der Waals surface area contributed by atoms with E-state index in [2.05, 4.69) is 5.32 Å². The molecule has 0 radical (unpaired) electrons. The second kappa shape index (κ2) is 14.1. The highest BCUT2D eigenvalue weighted by atomic mass is 16.5. The van der Waals surface area contributed by atoms with Crippen molar-refractivity contribution >= 4 is 5.97 Å². The number of aromatic hydroxyl groups is 2. The monoisotopic (exact) mass is 533 g/mol. The Morgan fingerprint density at radius 2 is 1.84 bits per heavy atom. The molecule has 0 aliphatic carbocycles. The van der Waals surface area contributed by atoms with Gasteiger partial charge in [0.25, 0.3) is 0 Å². The summed E-state index contributed by atoms with van der Waals surface area (Å²) in [7, 11) is 2.95. The van der Waals surface area contributed by atoms with Gasteiger partial charge in [0.05, 0.1) is 32.5 Å². The number of methoxy groups -OCH3 is 2. The molecule has 2 aromatic carbocycles. The van der Waals surface area contributed by atoms with Gasteiger partial charge in [-0.1, -0.05) is 13.0 Å². The Bertz CT molecular complexity index is 1060. The summed E-state index contributed by atoms with van der Waals surface area (Å²) in [5.41, 5.74) is 1.69. The first-order valence-corrected chi connectivity index (χ1v) is 12.9. The number of nitrogens with one attached hydrogen (secondary N) is 1. The fourth-order valence-electron chi connectivity index (χ4n) is 4.67. The lowest BCUT2D eigenvalue weighted by atomic mass is 9.93. The third kappa shape index (κ3) is 8.14. The average Bonchev–Trinajstić information content (AvgIpc) is 2.90. The van der Waals surface area contributed by atoms with Crippen LogP contribution in [0.5, 0.6) is 28.7 Å². The van der Waals surface area contributed by atoms with Crippen molar-refractivity contribution in [2.75, 3.05) is 27.4 Å². The molecule has 0 aromatic heterocycles. The molecule has 0 bridgehead atoms. The summed E-state index contributed by atoms with van der Waals surface area (Å²) in [6, 6.07) is 8.38. The predicted molar refractivity (Wildman–Crippen MR) is 140 cm³/mol. The predicted octanol–water partition coefficient (Wildman–Crippen LogP) is 3.55. The van der Waals surface area contributed by atoms with Gasteiger partial charge < -0.3 is 44.7 Å². The molecule has 0 amide bonds. The van der Waals surface area contributed by atoms with Crippen molar-refractivity contribution in [3.05, 3.63) is 41.5 Å². The summed E-state index contributed by atoms with van der Waals surface area (Å²) in [5, 5.41) is 43.3. The number of phenols is 2. The van der Waals surface area contributed by atoms with Crippen molar-refractivity contribution in [3.8, 4) is 28.7 Å². The smallest absolute Gasteiger partial charge is 0.303 e. The summed E-state index contributed by atoms with van der Waals surface area (Å²) in [6.45, 7) is 2.73. The number of aliphatic carboxylic acids is 1. The zero-order valence-corrected chi connectivity index (χ0v) is 22.2. The fourth-order valence-corrected chi connectivity index (χ4v) is 4.67. The van der Waals surface area contributed by atoms with E-state index in [0.29, 0.717) is 50.0 Å². The molecule has 1 fully saturated rings. The van der Waals surface area contributed by atoms with Crippen LogP contribution in [0.1, 0.15) is 56.3 Å². The molecule has 1 saturated heterocycles. The van der Waals surface area contributed by atoms with Crippen LogP contribution in [0, 0.1) is 0 Å². The van der Waals surface area contributed by atoms with E-state index in [1.807, 2.05) is 13.0 Å². The van der Waals surface area contributed by atoms with Crippen LogP contribution in [0.3, 0.4) is 0 Å². The number of hydrogen-bond acceptors (Lipinski definition) is 9. The van der Waals surface area contributed by atoms with E-state index in [4.69, 9.17) is 24.1 Å². The normalized spacial score (nSPS) is 20.1. The first kappa shape index (κ1) is 29.3. The lowest BCUT2D eigenvalue weighted by Gasteiger charge is -2.34. The number of hydrogen-bond donors (Lipinski definition) is 5. The topological polar surface area (TPSA) is 147 Å². The molecule has 4 atom stereocenters. The molecule has 3 rings (SSSR count). The highest BCUT2D eigenvalue weighted by Crippen LogP contribution is 2.42. The second-order valence-electron chi connectivity index (χ2n) is 9.48. The van der Waals surface area contributed by atoms with Crippen LogP contribution in [-0.2, 0) is 16.0 Å². The zero-order chi connectivity index (χ0) is 27.7. The Morgan fingerprint density at radius 3 is 2.53 bits per heavy atom. The number of benzene rings is 2.